The van der Waals surface area contributed by atoms with Gasteiger partial charge >= 0.3 is 0 Å². The lowest BCUT2D eigenvalue weighted by molar-refractivity contribution is -0.300. The minimum absolute atomic E-state index is 0.0930. The van der Waals surface area contributed by atoms with Gasteiger partial charge in [0.2, 0.25) is 0 Å². The molecule has 1 aromatic carbocycles. The Labute approximate surface area is 111 Å². The topological polar surface area (TPSA) is 40.0 Å². The molecule has 3 rings (SSSR count). The fourth-order valence-corrected chi connectivity index (χ4v) is 2.02. The van der Waals surface area contributed by atoms with Gasteiger partial charge < -0.3 is 15.0 Å². The third-order valence-corrected chi connectivity index (χ3v) is 2.96. The number of rotatable bonds is 3. The standard InChI is InChI=1S/C16H14N2O/c19-16(13-7-1-2-8-13)17-14-9-3-4-10-15(14)18-11-5-6-12-18/h1-12,17,19H/p-1. The molecule has 0 aliphatic heterocycles. The fraction of sp³-hybridized carbons (Fsp3) is 0. The molecule has 19 heavy (non-hydrogen) atoms. The first-order chi connectivity index (χ1) is 9.34. The predicted octanol–water partition coefficient (Wildman–Crippen LogP) is 2.59. The van der Waals surface area contributed by atoms with E-state index in [2.05, 4.69) is 5.32 Å². The number of allylic oxidation sites excluding steroid dienone is 5. The Morgan fingerprint density at radius 2 is 1.63 bits per heavy atom. The van der Waals surface area contributed by atoms with Gasteiger partial charge in [-0.3, -0.25) is 0 Å². The molecule has 0 spiro atoms. The van der Waals surface area contributed by atoms with Crippen molar-refractivity contribution < 1.29 is 5.11 Å². The summed E-state index contributed by atoms with van der Waals surface area (Å²) in [6, 6.07) is 11.6. The first-order valence-corrected chi connectivity index (χ1v) is 6.10. The number of hydrogen-bond acceptors (Lipinski definition) is 2. The highest BCUT2D eigenvalue weighted by atomic mass is 16.3. The summed E-state index contributed by atoms with van der Waals surface area (Å²) in [5.41, 5.74) is 2.42. The molecule has 1 aromatic heterocycles. The quantitative estimate of drug-likeness (QED) is 0.849. The highest BCUT2D eigenvalue weighted by molar-refractivity contribution is 5.64. The molecular weight excluding hydrogens is 236 g/mol. The van der Waals surface area contributed by atoms with Crippen LogP contribution in [0.3, 0.4) is 0 Å². The van der Waals surface area contributed by atoms with Crippen LogP contribution in [0, 0.1) is 0 Å². The Morgan fingerprint density at radius 1 is 0.947 bits per heavy atom. The molecule has 0 bridgehead atoms. The van der Waals surface area contributed by atoms with Crippen LogP contribution in [-0.2, 0) is 0 Å². The van der Waals surface area contributed by atoms with Crippen LogP contribution in [-0.4, -0.2) is 4.57 Å². The van der Waals surface area contributed by atoms with Gasteiger partial charge in [-0.1, -0.05) is 36.4 Å². The molecular formula is C16H13N2O-. The van der Waals surface area contributed by atoms with Gasteiger partial charge in [0.1, 0.15) is 0 Å². The maximum atomic E-state index is 12.1. The van der Waals surface area contributed by atoms with Crippen molar-refractivity contribution in [3.8, 4) is 5.69 Å². The normalized spacial score (nSPS) is 12.9. The molecule has 2 aromatic rings. The minimum atomic E-state index is -0.0930. The second-order valence-corrected chi connectivity index (χ2v) is 4.24. The SMILES string of the molecule is [O-]C(Nc1ccccc1-n1cccc1)=C1C=CC=C1. The molecule has 1 heterocycles. The van der Waals surface area contributed by atoms with E-state index in [1.165, 1.54) is 0 Å². The summed E-state index contributed by atoms with van der Waals surface area (Å²) in [5.74, 6) is -0.0930. The summed E-state index contributed by atoms with van der Waals surface area (Å²) >= 11 is 0. The molecule has 0 saturated carbocycles. The Hall–Kier alpha value is -2.68. The maximum absolute atomic E-state index is 12.1. The van der Waals surface area contributed by atoms with E-state index < -0.39 is 0 Å². The fourth-order valence-electron chi connectivity index (χ4n) is 2.02. The molecule has 0 unspecified atom stereocenters. The van der Waals surface area contributed by atoms with E-state index in [1.807, 2.05) is 65.5 Å². The smallest absolute Gasteiger partial charge is 0.0685 e. The third kappa shape index (κ3) is 2.31. The molecule has 0 saturated heterocycles. The van der Waals surface area contributed by atoms with Crippen molar-refractivity contribution in [1.82, 2.24) is 4.57 Å². The van der Waals surface area contributed by atoms with Crippen molar-refractivity contribution in [3.05, 3.63) is 84.6 Å². The largest absolute Gasteiger partial charge is 0.860 e. The molecule has 0 radical (unpaired) electrons. The van der Waals surface area contributed by atoms with Gasteiger partial charge in [-0.15, -0.1) is 0 Å². The van der Waals surface area contributed by atoms with Crippen molar-refractivity contribution >= 4 is 5.69 Å². The number of hydrogen-bond donors (Lipinski definition) is 1. The molecule has 0 amide bonds. The average molecular weight is 249 g/mol. The summed E-state index contributed by atoms with van der Waals surface area (Å²) in [5, 5.41) is 15.0. The number of aromatic nitrogens is 1. The van der Waals surface area contributed by atoms with E-state index in [0.29, 0.717) is 5.57 Å². The summed E-state index contributed by atoms with van der Waals surface area (Å²) in [7, 11) is 0. The molecule has 1 aliphatic rings. The second-order valence-electron chi connectivity index (χ2n) is 4.24. The molecule has 3 heteroatoms. The molecule has 0 atom stereocenters. The van der Waals surface area contributed by atoms with Gasteiger partial charge in [-0.25, -0.2) is 0 Å². The number of nitrogens with one attached hydrogen (secondary N) is 1. The van der Waals surface area contributed by atoms with Crippen molar-refractivity contribution in [1.29, 1.82) is 0 Å². The van der Waals surface area contributed by atoms with E-state index in [9.17, 15) is 5.11 Å². The van der Waals surface area contributed by atoms with Gasteiger partial charge in [-0.2, -0.15) is 0 Å². The maximum Gasteiger partial charge on any atom is 0.0685 e. The minimum Gasteiger partial charge on any atom is -0.860 e. The highest BCUT2D eigenvalue weighted by Crippen LogP contribution is 2.22. The number of nitrogens with zero attached hydrogens (tertiary/aromatic N) is 1. The lowest BCUT2D eigenvalue weighted by Crippen LogP contribution is -2.16. The summed E-state index contributed by atoms with van der Waals surface area (Å²) in [6.07, 6.45) is 11.2. The van der Waals surface area contributed by atoms with Gasteiger partial charge in [-0.05, 0) is 35.7 Å². The van der Waals surface area contributed by atoms with E-state index in [1.54, 1.807) is 12.2 Å². The summed E-state index contributed by atoms with van der Waals surface area (Å²) in [6.45, 7) is 0. The lowest BCUT2D eigenvalue weighted by atomic mass is 10.2. The van der Waals surface area contributed by atoms with E-state index >= 15 is 0 Å². The number of anilines is 1. The zero-order valence-electron chi connectivity index (χ0n) is 10.3. The zero-order chi connectivity index (χ0) is 13.1. The van der Waals surface area contributed by atoms with Crippen molar-refractivity contribution in [2.45, 2.75) is 0 Å². The summed E-state index contributed by atoms with van der Waals surface area (Å²) in [4.78, 5) is 0. The summed E-state index contributed by atoms with van der Waals surface area (Å²) < 4.78 is 1.97. The highest BCUT2D eigenvalue weighted by Gasteiger charge is 2.03. The van der Waals surface area contributed by atoms with Crippen molar-refractivity contribution in [2.24, 2.45) is 0 Å². The first-order valence-electron chi connectivity index (χ1n) is 6.10. The van der Waals surface area contributed by atoms with Gasteiger partial charge in [0.15, 0.2) is 0 Å². The Kier molecular flexibility index (Phi) is 2.94. The molecule has 3 nitrogen and oxygen atoms in total. The van der Waals surface area contributed by atoms with Crippen LogP contribution in [0.4, 0.5) is 5.69 Å². The van der Waals surface area contributed by atoms with Gasteiger partial charge in [0.25, 0.3) is 0 Å². The molecule has 1 N–H and O–H groups in total. The van der Waals surface area contributed by atoms with Crippen LogP contribution in [0.1, 0.15) is 0 Å². The Balaban J connectivity index is 1.96. The van der Waals surface area contributed by atoms with Crippen molar-refractivity contribution in [2.75, 3.05) is 5.32 Å². The monoisotopic (exact) mass is 249 g/mol. The first kappa shape index (κ1) is 11.4. The van der Waals surface area contributed by atoms with Crippen LogP contribution >= 0.6 is 0 Å². The molecule has 0 fully saturated rings. The van der Waals surface area contributed by atoms with Crippen LogP contribution < -0.4 is 10.4 Å². The Bertz CT molecular complexity index is 650. The van der Waals surface area contributed by atoms with Crippen LogP contribution in [0.15, 0.2) is 84.6 Å². The van der Waals surface area contributed by atoms with Crippen molar-refractivity contribution in [3.63, 3.8) is 0 Å². The van der Waals surface area contributed by atoms with Crippen LogP contribution in [0.2, 0.25) is 0 Å². The second kappa shape index (κ2) is 4.90. The van der Waals surface area contributed by atoms with E-state index in [0.717, 1.165) is 11.4 Å². The predicted molar refractivity (Wildman–Crippen MR) is 74.7 cm³/mol. The Morgan fingerprint density at radius 3 is 2.37 bits per heavy atom. The number of benzene rings is 1. The van der Waals surface area contributed by atoms with Crippen LogP contribution in [0.5, 0.6) is 0 Å². The van der Waals surface area contributed by atoms with Gasteiger partial charge in [0.05, 0.1) is 11.4 Å². The molecule has 1 aliphatic carbocycles. The number of para-hydroxylation sites is 2. The van der Waals surface area contributed by atoms with Gasteiger partial charge in [0, 0.05) is 12.4 Å². The lowest BCUT2D eigenvalue weighted by Gasteiger charge is -2.20. The average Bonchev–Trinajstić information content (AvgIpc) is 3.13. The third-order valence-electron chi connectivity index (χ3n) is 2.96. The van der Waals surface area contributed by atoms with Crippen LogP contribution in [0.25, 0.3) is 5.69 Å². The van der Waals surface area contributed by atoms with E-state index in [-0.39, 0.29) is 5.88 Å². The van der Waals surface area contributed by atoms with E-state index in [4.69, 9.17) is 0 Å². The molecule has 94 valence electrons. The zero-order valence-corrected chi connectivity index (χ0v) is 10.3.